The van der Waals surface area contributed by atoms with E-state index in [1.807, 2.05) is 0 Å². The van der Waals surface area contributed by atoms with Gasteiger partial charge in [0.2, 0.25) is 0 Å². The maximum atomic E-state index is 11.8. The second kappa shape index (κ2) is 8.82. The Morgan fingerprint density at radius 1 is 1.36 bits per heavy atom. The average Bonchev–Trinajstić information content (AvgIpc) is 2.50. The van der Waals surface area contributed by atoms with E-state index in [9.17, 15) is 4.79 Å². The Hall–Kier alpha value is -1.50. The lowest BCUT2D eigenvalue weighted by molar-refractivity contribution is 0.175. The van der Waals surface area contributed by atoms with Gasteiger partial charge in [0.15, 0.2) is 6.23 Å². The number of amides is 2. The first kappa shape index (κ1) is 16.9. The second-order valence-electron chi connectivity index (χ2n) is 5.21. The van der Waals surface area contributed by atoms with Crippen LogP contribution in [0.5, 0.6) is 5.75 Å². The van der Waals surface area contributed by atoms with Crippen molar-refractivity contribution < 1.29 is 9.53 Å². The Kier molecular flexibility index (Phi) is 6.76. The lowest BCUT2D eigenvalue weighted by atomic mass is 10.3. The molecule has 0 bridgehead atoms. The number of ether oxygens (including phenoxy) is 1. The van der Waals surface area contributed by atoms with Crippen molar-refractivity contribution in [3.05, 3.63) is 29.3 Å². The van der Waals surface area contributed by atoms with Crippen molar-refractivity contribution in [3.63, 3.8) is 0 Å². The minimum absolute atomic E-state index is 0.225. The molecule has 2 rings (SSSR count). The number of rotatable bonds is 6. The van der Waals surface area contributed by atoms with E-state index in [-0.39, 0.29) is 6.03 Å². The predicted octanol–water partition coefficient (Wildman–Crippen LogP) is 1.27. The summed E-state index contributed by atoms with van der Waals surface area (Å²) in [5.74, 6) is 0.665. The summed E-state index contributed by atoms with van der Waals surface area (Å²) < 4.78 is 5.59. The Morgan fingerprint density at radius 3 is 2.73 bits per heavy atom. The topological polar surface area (TPSA) is 65.6 Å². The number of carbonyl (C=O) groups excluding carboxylic acids is 1. The van der Waals surface area contributed by atoms with E-state index in [1.165, 1.54) is 0 Å². The molecule has 1 atom stereocenters. The summed E-state index contributed by atoms with van der Waals surface area (Å²) >= 11 is 5.81. The van der Waals surface area contributed by atoms with Crippen LogP contribution in [0.3, 0.4) is 0 Å². The van der Waals surface area contributed by atoms with Crippen LogP contribution in [0.15, 0.2) is 24.3 Å². The highest BCUT2D eigenvalue weighted by Crippen LogP contribution is 2.16. The minimum atomic E-state index is -0.416. The third kappa shape index (κ3) is 6.09. The Labute approximate surface area is 136 Å². The molecule has 122 valence electrons. The molecule has 0 spiro atoms. The van der Waals surface area contributed by atoms with Crippen LogP contribution in [-0.4, -0.2) is 56.4 Å². The molecule has 0 aromatic heterocycles. The predicted molar refractivity (Wildman–Crippen MR) is 87.4 cm³/mol. The number of urea groups is 1. The minimum Gasteiger partial charge on any atom is -0.471 e. The van der Waals surface area contributed by atoms with E-state index in [1.54, 1.807) is 31.2 Å². The number of benzene rings is 1. The molecule has 6 nitrogen and oxygen atoms in total. The van der Waals surface area contributed by atoms with Gasteiger partial charge in [-0.2, -0.15) is 0 Å². The van der Waals surface area contributed by atoms with Crippen LogP contribution >= 0.6 is 11.6 Å². The highest BCUT2D eigenvalue weighted by atomic mass is 35.5. The molecular weight excluding hydrogens is 304 g/mol. The molecule has 1 aliphatic rings. The fourth-order valence-corrected chi connectivity index (χ4v) is 2.37. The summed E-state index contributed by atoms with van der Waals surface area (Å²) in [5.41, 5.74) is 0. The number of piperazine rings is 1. The zero-order valence-corrected chi connectivity index (χ0v) is 13.5. The van der Waals surface area contributed by atoms with E-state index in [0.29, 0.717) is 17.3 Å². The van der Waals surface area contributed by atoms with Gasteiger partial charge in [-0.3, -0.25) is 4.90 Å². The molecule has 0 saturated carbocycles. The molecule has 1 fully saturated rings. The molecule has 1 aromatic rings. The second-order valence-corrected chi connectivity index (χ2v) is 5.64. The third-order valence-corrected chi connectivity index (χ3v) is 3.64. The SMILES string of the molecule is CC(NC(=O)NCCN1CCNCC1)Oc1ccc(Cl)cc1. The van der Waals surface area contributed by atoms with Crippen molar-refractivity contribution in [2.75, 3.05) is 39.3 Å². The van der Waals surface area contributed by atoms with E-state index in [4.69, 9.17) is 16.3 Å². The molecule has 22 heavy (non-hydrogen) atoms. The molecule has 7 heteroatoms. The van der Waals surface area contributed by atoms with Crippen molar-refractivity contribution in [2.45, 2.75) is 13.2 Å². The number of hydrogen-bond acceptors (Lipinski definition) is 4. The first-order valence-corrected chi connectivity index (χ1v) is 7.91. The van der Waals surface area contributed by atoms with Gasteiger partial charge in [-0.15, -0.1) is 0 Å². The van der Waals surface area contributed by atoms with Gasteiger partial charge in [-0.05, 0) is 31.2 Å². The van der Waals surface area contributed by atoms with Gasteiger partial charge in [0, 0.05) is 44.3 Å². The van der Waals surface area contributed by atoms with Crippen LogP contribution in [0.4, 0.5) is 4.79 Å². The fraction of sp³-hybridized carbons (Fsp3) is 0.533. The maximum absolute atomic E-state index is 11.8. The molecule has 1 aromatic carbocycles. The van der Waals surface area contributed by atoms with Gasteiger partial charge < -0.3 is 20.7 Å². The van der Waals surface area contributed by atoms with Gasteiger partial charge >= 0.3 is 6.03 Å². The normalized spacial score (nSPS) is 16.8. The molecule has 3 N–H and O–H groups in total. The molecule has 2 amide bonds. The van der Waals surface area contributed by atoms with Crippen LogP contribution in [0, 0.1) is 0 Å². The van der Waals surface area contributed by atoms with Gasteiger partial charge in [-0.25, -0.2) is 4.79 Å². The molecule has 1 aliphatic heterocycles. The monoisotopic (exact) mass is 326 g/mol. The third-order valence-electron chi connectivity index (χ3n) is 3.38. The summed E-state index contributed by atoms with van der Waals surface area (Å²) in [5, 5.41) is 9.54. The average molecular weight is 327 g/mol. The van der Waals surface area contributed by atoms with Crippen molar-refractivity contribution in [1.82, 2.24) is 20.9 Å². The van der Waals surface area contributed by atoms with Crippen molar-refractivity contribution in [3.8, 4) is 5.75 Å². The summed E-state index contributed by atoms with van der Waals surface area (Å²) in [6, 6.07) is 6.80. The van der Waals surface area contributed by atoms with Crippen LogP contribution in [0.2, 0.25) is 5.02 Å². The molecular formula is C15H23ClN4O2. The van der Waals surface area contributed by atoms with Gasteiger partial charge in [0.1, 0.15) is 5.75 Å². The largest absolute Gasteiger partial charge is 0.471 e. The first-order valence-electron chi connectivity index (χ1n) is 7.53. The smallest absolute Gasteiger partial charge is 0.317 e. The van der Waals surface area contributed by atoms with Gasteiger partial charge in [-0.1, -0.05) is 11.6 Å². The van der Waals surface area contributed by atoms with Crippen molar-refractivity contribution in [1.29, 1.82) is 0 Å². The summed E-state index contributed by atoms with van der Waals surface area (Å²) in [6.07, 6.45) is -0.416. The summed E-state index contributed by atoms with van der Waals surface area (Å²) in [6.45, 7) is 7.35. The van der Waals surface area contributed by atoms with Crippen LogP contribution in [-0.2, 0) is 0 Å². The van der Waals surface area contributed by atoms with Crippen LogP contribution < -0.4 is 20.7 Å². The van der Waals surface area contributed by atoms with E-state index in [0.717, 1.165) is 32.7 Å². The molecule has 0 aliphatic carbocycles. The van der Waals surface area contributed by atoms with Crippen LogP contribution in [0.25, 0.3) is 0 Å². The van der Waals surface area contributed by atoms with Crippen LogP contribution in [0.1, 0.15) is 6.92 Å². The number of hydrogen-bond donors (Lipinski definition) is 3. The molecule has 0 radical (unpaired) electrons. The Balaban J connectivity index is 1.62. The molecule has 1 saturated heterocycles. The lowest BCUT2D eigenvalue weighted by Crippen LogP contribution is -2.48. The van der Waals surface area contributed by atoms with Gasteiger partial charge in [0.25, 0.3) is 0 Å². The Bertz CT molecular complexity index is 463. The first-order chi connectivity index (χ1) is 10.6. The number of nitrogens with zero attached hydrogens (tertiary/aromatic N) is 1. The highest BCUT2D eigenvalue weighted by molar-refractivity contribution is 6.30. The molecule has 1 heterocycles. The Morgan fingerprint density at radius 2 is 2.05 bits per heavy atom. The zero-order chi connectivity index (χ0) is 15.8. The lowest BCUT2D eigenvalue weighted by Gasteiger charge is -2.27. The zero-order valence-electron chi connectivity index (χ0n) is 12.8. The highest BCUT2D eigenvalue weighted by Gasteiger charge is 2.11. The standard InChI is InChI=1S/C15H23ClN4O2/c1-12(22-14-4-2-13(16)3-5-14)19-15(21)18-8-11-20-9-6-17-7-10-20/h2-5,12,17H,6-11H2,1H3,(H2,18,19,21). The van der Waals surface area contributed by atoms with E-state index < -0.39 is 6.23 Å². The van der Waals surface area contributed by atoms with E-state index in [2.05, 4.69) is 20.9 Å². The number of carbonyl (C=O) groups is 1. The molecule has 1 unspecified atom stereocenters. The van der Waals surface area contributed by atoms with Crippen molar-refractivity contribution in [2.24, 2.45) is 0 Å². The van der Waals surface area contributed by atoms with E-state index >= 15 is 0 Å². The fourth-order valence-electron chi connectivity index (χ4n) is 2.24. The summed E-state index contributed by atoms with van der Waals surface area (Å²) in [7, 11) is 0. The maximum Gasteiger partial charge on any atom is 0.317 e. The summed E-state index contributed by atoms with van der Waals surface area (Å²) in [4.78, 5) is 14.1. The number of halogens is 1. The van der Waals surface area contributed by atoms with Crippen molar-refractivity contribution >= 4 is 17.6 Å². The van der Waals surface area contributed by atoms with Gasteiger partial charge in [0.05, 0.1) is 0 Å². The number of nitrogens with one attached hydrogen (secondary N) is 3. The quantitative estimate of drug-likeness (QED) is 0.689.